The molecule has 1 aliphatic heterocycles. The molecule has 0 amide bonds. The van der Waals surface area contributed by atoms with Crippen molar-refractivity contribution in [3.05, 3.63) is 24.3 Å². The molecule has 5 atom stereocenters. The number of fused-ring (bicyclic) bond motifs is 2. The summed E-state index contributed by atoms with van der Waals surface area (Å²) in [4.78, 5) is 11.1. The highest BCUT2D eigenvalue weighted by atomic mass is 16.5. The molecule has 4 nitrogen and oxygen atoms in total. The third-order valence-corrected chi connectivity index (χ3v) is 6.28. The van der Waals surface area contributed by atoms with E-state index in [2.05, 4.69) is 36.8 Å². The summed E-state index contributed by atoms with van der Waals surface area (Å²) >= 11 is 0. The third-order valence-electron chi connectivity index (χ3n) is 6.28. The minimum atomic E-state index is -0.335. The second-order valence-corrected chi connectivity index (χ2v) is 8.51. The number of esters is 1. The van der Waals surface area contributed by atoms with Gasteiger partial charge in [0, 0.05) is 12.3 Å². The third kappa shape index (κ3) is 6.46. The zero-order valence-corrected chi connectivity index (χ0v) is 17.4. The van der Waals surface area contributed by atoms with E-state index in [1.165, 1.54) is 20.0 Å². The monoisotopic (exact) mass is 378 g/mol. The van der Waals surface area contributed by atoms with E-state index in [9.17, 15) is 9.90 Å². The van der Waals surface area contributed by atoms with Gasteiger partial charge in [0.15, 0.2) is 0 Å². The maximum atomic E-state index is 11.1. The number of rotatable bonds is 12. The second-order valence-electron chi connectivity index (χ2n) is 8.51. The van der Waals surface area contributed by atoms with Gasteiger partial charge in [-0.3, -0.25) is 4.79 Å². The summed E-state index contributed by atoms with van der Waals surface area (Å²) in [5.74, 6) is 0.820. The lowest BCUT2D eigenvalue weighted by Gasteiger charge is -2.35. The topological polar surface area (TPSA) is 55.8 Å². The first-order valence-corrected chi connectivity index (χ1v) is 10.7. The summed E-state index contributed by atoms with van der Waals surface area (Å²) in [5.41, 5.74) is 0.239. The number of aliphatic hydroxyl groups is 1. The van der Waals surface area contributed by atoms with Crippen LogP contribution >= 0.6 is 0 Å². The average Bonchev–Trinajstić information content (AvgIpc) is 3.16. The molecule has 1 aliphatic carbocycles. The highest BCUT2D eigenvalue weighted by Gasteiger charge is 2.54. The van der Waals surface area contributed by atoms with Crippen LogP contribution < -0.4 is 0 Å². The van der Waals surface area contributed by atoms with Gasteiger partial charge < -0.3 is 14.6 Å². The first-order valence-electron chi connectivity index (χ1n) is 10.7. The summed E-state index contributed by atoms with van der Waals surface area (Å²) in [6.45, 7) is 5.37. The summed E-state index contributed by atoms with van der Waals surface area (Å²) in [7, 11) is 1.43. The molecule has 0 aromatic rings. The van der Waals surface area contributed by atoms with Crippen LogP contribution in [0.5, 0.6) is 0 Å². The van der Waals surface area contributed by atoms with Crippen molar-refractivity contribution in [1.29, 1.82) is 0 Å². The number of unbranched alkanes of at least 4 members (excludes halogenated alkanes) is 3. The summed E-state index contributed by atoms with van der Waals surface area (Å²) in [6, 6.07) is 0. The van der Waals surface area contributed by atoms with Crippen LogP contribution in [0.1, 0.15) is 71.6 Å². The Labute approximate surface area is 165 Å². The first-order chi connectivity index (χ1) is 13.0. The SMILES string of the molecule is CCCCC[C@@H](O)/C=C/[C@@H]1[C@@H](C/C=C\CCCC(=O)OC)[C@@]2(C)CO[C@@H]1C2. The molecular formula is C23H38O4. The molecule has 0 aromatic heterocycles. The number of ether oxygens (including phenoxy) is 2. The number of methoxy groups -OCH3 is 1. The molecule has 1 saturated carbocycles. The van der Waals surface area contributed by atoms with Gasteiger partial charge in [0.2, 0.25) is 0 Å². The Morgan fingerprint density at radius 3 is 2.89 bits per heavy atom. The number of aliphatic hydroxyl groups excluding tert-OH is 1. The number of allylic oxidation sites excluding steroid dienone is 2. The van der Waals surface area contributed by atoms with Crippen LogP contribution in [-0.2, 0) is 14.3 Å². The molecule has 0 radical (unpaired) electrons. The van der Waals surface area contributed by atoms with Crippen molar-refractivity contribution in [1.82, 2.24) is 0 Å². The Hall–Kier alpha value is -1.13. The summed E-state index contributed by atoms with van der Waals surface area (Å²) in [6.07, 6.45) is 17.3. The molecule has 0 aromatic carbocycles. The lowest BCUT2D eigenvalue weighted by atomic mass is 9.75. The van der Waals surface area contributed by atoms with E-state index in [-0.39, 0.29) is 17.5 Å². The maximum absolute atomic E-state index is 11.1. The number of hydrogen-bond acceptors (Lipinski definition) is 4. The maximum Gasteiger partial charge on any atom is 0.305 e. The minimum Gasteiger partial charge on any atom is -0.469 e. The molecule has 2 rings (SSSR count). The highest BCUT2D eigenvalue weighted by molar-refractivity contribution is 5.69. The quantitative estimate of drug-likeness (QED) is 0.301. The molecule has 27 heavy (non-hydrogen) atoms. The van der Waals surface area contributed by atoms with Crippen LogP contribution in [0.4, 0.5) is 0 Å². The van der Waals surface area contributed by atoms with Crippen LogP contribution in [-0.4, -0.2) is 37.0 Å². The van der Waals surface area contributed by atoms with Gasteiger partial charge in [0.05, 0.1) is 25.9 Å². The predicted molar refractivity (Wildman–Crippen MR) is 108 cm³/mol. The van der Waals surface area contributed by atoms with Gasteiger partial charge in [-0.15, -0.1) is 0 Å². The number of hydrogen-bond donors (Lipinski definition) is 1. The molecule has 0 spiro atoms. The Bertz CT molecular complexity index is 513. The molecule has 2 fully saturated rings. The summed E-state index contributed by atoms with van der Waals surface area (Å²) < 4.78 is 10.7. The Morgan fingerprint density at radius 1 is 1.33 bits per heavy atom. The van der Waals surface area contributed by atoms with Crippen LogP contribution in [0.3, 0.4) is 0 Å². The second kappa shape index (κ2) is 11.0. The van der Waals surface area contributed by atoms with E-state index in [0.717, 1.165) is 45.1 Å². The Balaban J connectivity index is 1.83. The van der Waals surface area contributed by atoms with Gasteiger partial charge >= 0.3 is 5.97 Å². The lowest BCUT2D eigenvalue weighted by Crippen LogP contribution is -2.33. The normalized spacial score (nSPS) is 31.2. The van der Waals surface area contributed by atoms with Crippen LogP contribution in [0.2, 0.25) is 0 Å². The molecular weight excluding hydrogens is 340 g/mol. The van der Waals surface area contributed by atoms with Gasteiger partial charge in [0.1, 0.15) is 0 Å². The molecule has 4 heteroatoms. The van der Waals surface area contributed by atoms with Crippen molar-refractivity contribution >= 4 is 5.97 Å². The molecule has 1 N–H and O–H groups in total. The van der Waals surface area contributed by atoms with Crippen molar-refractivity contribution in [2.24, 2.45) is 17.3 Å². The average molecular weight is 379 g/mol. The molecule has 154 valence electrons. The fraction of sp³-hybridized carbons (Fsp3) is 0.783. The van der Waals surface area contributed by atoms with Gasteiger partial charge in [-0.25, -0.2) is 0 Å². The van der Waals surface area contributed by atoms with E-state index in [1.54, 1.807) is 0 Å². The highest BCUT2D eigenvalue weighted by Crippen LogP contribution is 2.55. The van der Waals surface area contributed by atoms with E-state index in [4.69, 9.17) is 4.74 Å². The van der Waals surface area contributed by atoms with Gasteiger partial charge in [-0.05, 0) is 43.4 Å². The van der Waals surface area contributed by atoms with E-state index < -0.39 is 0 Å². The van der Waals surface area contributed by atoms with Crippen LogP contribution in [0.25, 0.3) is 0 Å². The fourth-order valence-corrected chi connectivity index (χ4v) is 4.59. The van der Waals surface area contributed by atoms with Crippen molar-refractivity contribution in [3.63, 3.8) is 0 Å². The Kier molecular flexibility index (Phi) is 9.04. The van der Waals surface area contributed by atoms with E-state index in [0.29, 0.717) is 24.4 Å². The molecule has 2 bridgehead atoms. The van der Waals surface area contributed by atoms with Crippen LogP contribution in [0, 0.1) is 17.3 Å². The largest absolute Gasteiger partial charge is 0.469 e. The van der Waals surface area contributed by atoms with Crippen molar-refractivity contribution < 1.29 is 19.4 Å². The summed E-state index contributed by atoms with van der Waals surface area (Å²) in [5, 5.41) is 10.2. The van der Waals surface area contributed by atoms with Crippen LogP contribution in [0.15, 0.2) is 24.3 Å². The fourth-order valence-electron chi connectivity index (χ4n) is 4.59. The molecule has 2 aliphatic rings. The zero-order chi connectivity index (χ0) is 19.7. The number of carbonyl (C=O) groups excluding carboxylic acids is 1. The standard InChI is InChI=1S/C23H38O4/c1-4-5-8-11-18(24)14-15-19-20(23(2)16-21(19)27-17-23)12-9-6-7-10-13-22(25)26-3/h6,9,14-15,18-21,24H,4-5,7-8,10-13,16-17H2,1-3H3/b9-6-,15-14+/t18-,19-,20-,21-,23-/m1/s1. The van der Waals surface area contributed by atoms with E-state index >= 15 is 0 Å². The van der Waals surface area contributed by atoms with Crippen molar-refractivity contribution in [2.75, 3.05) is 13.7 Å². The minimum absolute atomic E-state index is 0.135. The number of carbonyl (C=O) groups is 1. The predicted octanol–water partition coefficient (Wildman–Crippen LogP) is 4.81. The van der Waals surface area contributed by atoms with Gasteiger partial charge in [0.25, 0.3) is 0 Å². The molecule has 1 heterocycles. The Morgan fingerprint density at radius 2 is 2.15 bits per heavy atom. The van der Waals surface area contributed by atoms with E-state index in [1.807, 2.05) is 6.08 Å². The molecule has 1 saturated heterocycles. The van der Waals surface area contributed by atoms with Crippen molar-refractivity contribution in [3.8, 4) is 0 Å². The van der Waals surface area contributed by atoms with Crippen molar-refractivity contribution in [2.45, 2.75) is 83.8 Å². The lowest BCUT2D eigenvalue weighted by molar-refractivity contribution is -0.140. The van der Waals surface area contributed by atoms with Gasteiger partial charge in [-0.1, -0.05) is 57.4 Å². The first kappa shape index (κ1) is 22.2. The zero-order valence-electron chi connectivity index (χ0n) is 17.4. The molecule has 0 unspecified atom stereocenters. The smallest absolute Gasteiger partial charge is 0.305 e. The van der Waals surface area contributed by atoms with Gasteiger partial charge in [-0.2, -0.15) is 0 Å².